The lowest BCUT2D eigenvalue weighted by Gasteiger charge is -2.23. The number of hydrogen-bond donors (Lipinski definition) is 1. The second-order valence-electron chi connectivity index (χ2n) is 4.81. The molecule has 1 aromatic heterocycles. The zero-order valence-corrected chi connectivity index (χ0v) is 12.1. The zero-order chi connectivity index (χ0) is 13.3. The first kappa shape index (κ1) is 15.7. The van der Waals surface area contributed by atoms with Crippen LogP contribution >= 0.6 is 12.4 Å². The summed E-state index contributed by atoms with van der Waals surface area (Å²) in [5.41, 5.74) is 6.81. The number of rotatable bonds is 3. The molecule has 1 fully saturated rings. The van der Waals surface area contributed by atoms with Gasteiger partial charge >= 0.3 is 0 Å². The van der Waals surface area contributed by atoms with Crippen molar-refractivity contribution >= 4 is 24.1 Å². The zero-order valence-electron chi connectivity index (χ0n) is 11.3. The van der Waals surface area contributed by atoms with Crippen molar-refractivity contribution in [3.8, 4) is 0 Å². The van der Waals surface area contributed by atoms with Crippen LogP contribution < -0.4 is 5.73 Å². The van der Waals surface area contributed by atoms with Gasteiger partial charge in [-0.1, -0.05) is 0 Å². The number of ketones is 1. The van der Waals surface area contributed by atoms with Crippen molar-refractivity contribution < 1.29 is 9.59 Å². The normalized spacial score (nSPS) is 18.3. The van der Waals surface area contributed by atoms with Gasteiger partial charge in [-0.25, -0.2) is 0 Å². The van der Waals surface area contributed by atoms with Crippen molar-refractivity contribution in [1.29, 1.82) is 0 Å². The molecule has 1 aliphatic heterocycles. The summed E-state index contributed by atoms with van der Waals surface area (Å²) in [5, 5.41) is 0. The maximum Gasteiger partial charge on any atom is 0.270 e. The predicted octanol–water partition coefficient (Wildman–Crippen LogP) is 1.21. The molecule has 0 spiro atoms. The number of carbonyl (C=O) groups excluding carboxylic acids is 2. The first-order chi connectivity index (χ1) is 8.54. The minimum absolute atomic E-state index is 0. The van der Waals surface area contributed by atoms with E-state index in [1.165, 1.54) is 6.92 Å². The molecule has 2 N–H and O–H groups in total. The lowest BCUT2D eigenvalue weighted by molar-refractivity contribution is 0.0731. The third kappa shape index (κ3) is 2.98. The first-order valence-electron chi connectivity index (χ1n) is 6.23. The first-order valence-corrected chi connectivity index (χ1v) is 6.23. The third-order valence-electron chi connectivity index (χ3n) is 3.54. The fourth-order valence-corrected chi connectivity index (χ4v) is 2.46. The van der Waals surface area contributed by atoms with E-state index >= 15 is 0 Å². The fourth-order valence-electron chi connectivity index (χ4n) is 2.46. The molecule has 1 atom stereocenters. The summed E-state index contributed by atoms with van der Waals surface area (Å²) >= 11 is 0. The summed E-state index contributed by atoms with van der Waals surface area (Å²) in [5.74, 6) is -0.0561. The summed E-state index contributed by atoms with van der Waals surface area (Å²) in [6.45, 7) is 2.75. The van der Waals surface area contributed by atoms with Crippen LogP contribution in [0, 0.1) is 0 Å². The third-order valence-corrected chi connectivity index (χ3v) is 3.54. The van der Waals surface area contributed by atoms with E-state index in [-0.39, 0.29) is 30.1 Å². The second kappa shape index (κ2) is 6.21. The van der Waals surface area contributed by atoms with Crippen molar-refractivity contribution in [2.75, 3.05) is 13.1 Å². The minimum Gasteiger partial charge on any atom is -0.346 e. The van der Waals surface area contributed by atoms with Crippen molar-refractivity contribution in [1.82, 2.24) is 9.47 Å². The molecule has 1 aromatic rings. The van der Waals surface area contributed by atoms with E-state index < -0.39 is 0 Å². The summed E-state index contributed by atoms with van der Waals surface area (Å²) in [6.07, 6.45) is 3.66. The molecule has 0 saturated carbocycles. The number of hydrogen-bond acceptors (Lipinski definition) is 3. The van der Waals surface area contributed by atoms with Crippen molar-refractivity contribution in [2.45, 2.75) is 25.8 Å². The Morgan fingerprint density at radius 3 is 2.68 bits per heavy atom. The lowest BCUT2D eigenvalue weighted by atomic mass is 10.2. The minimum atomic E-state index is -0.0297. The van der Waals surface area contributed by atoms with Gasteiger partial charge in [-0.2, -0.15) is 0 Å². The SMILES string of the molecule is CC(=O)c1cc(C(=O)N2CCCC2CN)n(C)c1.Cl. The number of aryl methyl sites for hydroxylation is 1. The van der Waals surface area contributed by atoms with Crippen LogP contribution in [-0.4, -0.2) is 40.3 Å². The number of nitrogens with two attached hydrogens (primary N) is 1. The van der Waals surface area contributed by atoms with Gasteiger partial charge in [-0.3, -0.25) is 9.59 Å². The Kier molecular flexibility index (Phi) is 5.14. The molecule has 1 saturated heterocycles. The quantitative estimate of drug-likeness (QED) is 0.849. The topological polar surface area (TPSA) is 68.3 Å². The van der Waals surface area contributed by atoms with Gasteiger partial charge in [0, 0.05) is 37.9 Å². The molecule has 2 heterocycles. The van der Waals surface area contributed by atoms with Crippen LogP contribution in [0.25, 0.3) is 0 Å². The Bertz CT molecular complexity index is 484. The number of halogens is 1. The molecule has 0 aromatic carbocycles. The number of Topliss-reactive ketones (excluding diaryl/α,β-unsaturated/α-hetero) is 1. The fraction of sp³-hybridized carbons (Fsp3) is 0.538. The molecule has 5 nitrogen and oxygen atoms in total. The Balaban J connectivity index is 0.00000180. The molecule has 6 heteroatoms. The number of likely N-dealkylation sites (tertiary alicyclic amines) is 1. The van der Waals surface area contributed by atoms with Crippen molar-refractivity contribution in [2.24, 2.45) is 12.8 Å². The highest BCUT2D eigenvalue weighted by atomic mass is 35.5. The highest BCUT2D eigenvalue weighted by Crippen LogP contribution is 2.20. The molecule has 19 heavy (non-hydrogen) atoms. The molecule has 1 amide bonds. The van der Waals surface area contributed by atoms with Crippen LogP contribution in [0.2, 0.25) is 0 Å². The molecule has 106 valence electrons. The highest BCUT2D eigenvalue weighted by Gasteiger charge is 2.29. The van der Waals surface area contributed by atoms with E-state index in [9.17, 15) is 9.59 Å². The number of amides is 1. The van der Waals surface area contributed by atoms with Crippen molar-refractivity contribution in [3.63, 3.8) is 0 Å². The van der Waals surface area contributed by atoms with Gasteiger partial charge in [-0.05, 0) is 25.8 Å². The van der Waals surface area contributed by atoms with Crippen LogP contribution in [0.1, 0.15) is 40.6 Å². The van der Waals surface area contributed by atoms with E-state index in [0.717, 1.165) is 19.4 Å². The van der Waals surface area contributed by atoms with Crippen LogP contribution in [0.15, 0.2) is 12.3 Å². The molecule has 1 unspecified atom stereocenters. The highest BCUT2D eigenvalue weighted by molar-refractivity contribution is 5.99. The van der Waals surface area contributed by atoms with E-state index in [1.807, 2.05) is 4.90 Å². The van der Waals surface area contributed by atoms with Gasteiger partial charge in [0.25, 0.3) is 5.91 Å². The molecule has 0 aliphatic carbocycles. The van der Waals surface area contributed by atoms with Crippen molar-refractivity contribution in [3.05, 3.63) is 23.5 Å². The number of carbonyl (C=O) groups is 2. The average Bonchev–Trinajstić information content (AvgIpc) is 2.93. The summed E-state index contributed by atoms with van der Waals surface area (Å²) in [6, 6.07) is 1.80. The van der Waals surface area contributed by atoms with Crippen LogP contribution in [-0.2, 0) is 7.05 Å². The summed E-state index contributed by atoms with van der Waals surface area (Å²) in [4.78, 5) is 25.5. The number of aromatic nitrogens is 1. The average molecular weight is 286 g/mol. The van der Waals surface area contributed by atoms with E-state index in [1.54, 1.807) is 23.9 Å². The van der Waals surface area contributed by atoms with Gasteiger partial charge in [0.15, 0.2) is 5.78 Å². The smallest absolute Gasteiger partial charge is 0.270 e. The maximum atomic E-state index is 12.4. The van der Waals surface area contributed by atoms with Crippen LogP contribution in [0.5, 0.6) is 0 Å². The second-order valence-corrected chi connectivity index (χ2v) is 4.81. The van der Waals surface area contributed by atoms with E-state index in [4.69, 9.17) is 5.73 Å². The standard InChI is InChI=1S/C13H19N3O2.ClH/c1-9(17)10-6-12(15(2)8-10)13(18)16-5-3-4-11(16)7-14;/h6,8,11H,3-5,7,14H2,1-2H3;1H. The van der Waals surface area contributed by atoms with Gasteiger partial charge in [0.2, 0.25) is 0 Å². The van der Waals surface area contributed by atoms with Gasteiger partial charge < -0.3 is 15.2 Å². The van der Waals surface area contributed by atoms with Crippen LogP contribution in [0.3, 0.4) is 0 Å². The number of nitrogens with zero attached hydrogens (tertiary/aromatic N) is 2. The van der Waals surface area contributed by atoms with Gasteiger partial charge in [0.1, 0.15) is 5.69 Å². The van der Waals surface area contributed by atoms with Gasteiger partial charge in [0.05, 0.1) is 0 Å². The van der Waals surface area contributed by atoms with E-state index in [0.29, 0.717) is 17.8 Å². The largest absolute Gasteiger partial charge is 0.346 e. The maximum absolute atomic E-state index is 12.4. The van der Waals surface area contributed by atoms with Crippen LogP contribution in [0.4, 0.5) is 0 Å². The van der Waals surface area contributed by atoms with Gasteiger partial charge in [-0.15, -0.1) is 12.4 Å². The lowest BCUT2D eigenvalue weighted by Crippen LogP contribution is -2.40. The Hall–Kier alpha value is -1.33. The molecule has 0 bridgehead atoms. The Morgan fingerprint density at radius 2 is 2.16 bits per heavy atom. The summed E-state index contributed by atoms with van der Waals surface area (Å²) < 4.78 is 1.71. The Morgan fingerprint density at radius 1 is 1.47 bits per heavy atom. The molecular weight excluding hydrogens is 266 g/mol. The predicted molar refractivity (Wildman–Crippen MR) is 75.8 cm³/mol. The molecule has 0 radical (unpaired) electrons. The Labute approximate surface area is 119 Å². The molecular formula is C13H20ClN3O2. The summed E-state index contributed by atoms with van der Waals surface area (Å²) in [7, 11) is 1.78. The van der Waals surface area contributed by atoms with E-state index in [2.05, 4.69) is 0 Å². The molecule has 2 rings (SSSR count). The monoisotopic (exact) mass is 285 g/mol. The molecule has 1 aliphatic rings.